The Balaban J connectivity index is 1.63. The minimum absolute atomic E-state index is 0.0721. The first kappa shape index (κ1) is 20.6. The summed E-state index contributed by atoms with van der Waals surface area (Å²) in [7, 11) is 4.38. The lowest BCUT2D eigenvalue weighted by Gasteiger charge is -2.38. The fraction of sp³-hybridized carbons (Fsp3) is 0.368. The molecule has 0 bridgehead atoms. The van der Waals surface area contributed by atoms with Gasteiger partial charge in [0, 0.05) is 17.8 Å². The van der Waals surface area contributed by atoms with Gasteiger partial charge < -0.3 is 23.8 Å². The number of hydrogen-bond donors (Lipinski definition) is 0. The molecule has 1 aromatic carbocycles. The van der Waals surface area contributed by atoms with E-state index in [1.165, 1.54) is 26.2 Å². The van der Waals surface area contributed by atoms with Gasteiger partial charge in [-0.25, -0.2) is 4.98 Å². The van der Waals surface area contributed by atoms with Crippen molar-refractivity contribution in [1.82, 2.24) is 9.88 Å². The summed E-state index contributed by atoms with van der Waals surface area (Å²) in [6.45, 7) is 0.552. The van der Waals surface area contributed by atoms with Crippen molar-refractivity contribution in [2.24, 2.45) is 0 Å². The van der Waals surface area contributed by atoms with Crippen LogP contribution >= 0.6 is 0 Å². The molecule has 156 valence electrons. The van der Waals surface area contributed by atoms with Crippen molar-refractivity contribution in [3.05, 3.63) is 41.6 Å². The first-order valence-electron chi connectivity index (χ1n) is 8.56. The highest BCUT2D eigenvalue weighted by atomic mass is 19.4. The molecule has 0 radical (unpaired) electrons. The largest absolute Gasteiger partial charge is 0.493 e. The summed E-state index contributed by atoms with van der Waals surface area (Å²) in [4.78, 5) is 17.9. The van der Waals surface area contributed by atoms with Crippen LogP contribution in [-0.4, -0.2) is 56.3 Å². The van der Waals surface area contributed by atoms with Crippen molar-refractivity contribution in [2.45, 2.75) is 12.3 Å². The molecule has 2 aromatic rings. The second kappa shape index (κ2) is 8.06. The van der Waals surface area contributed by atoms with Gasteiger partial charge in [0.1, 0.15) is 6.10 Å². The molecule has 1 saturated heterocycles. The van der Waals surface area contributed by atoms with Crippen LogP contribution in [0.15, 0.2) is 30.5 Å². The molecule has 29 heavy (non-hydrogen) atoms. The van der Waals surface area contributed by atoms with Gasteiger partial charge in [0.05, 0.1) is 40.0 Å². The highest BCUT2D eigenvalue weighted by molar-refractivity contribution is 5.96. The number of likely N-dealkylation sites (tertiary alicyclic amines) is 1. The number of aromatic nitrogens is 1. The number of ether oxygens (including phenoxy) is 4. The SMILES string of the molecule is COc1cc(C(=O)N2CC(Oc3ccc(C(F)(F)F)cn3)C2)cc(OC)c1OC. The van der Waals surface area contributed by atoms with E-state index < -0.39 is 11.7 Å². The van der Waals surface area contributed by atoms with Gasteiger partial charge in [-0.05, 0) is 18.2 Å². The smallest absolute Gasteiger partial charge is 0.417 e. The minimum Gasteiger partial charge on any atom is -0.493 e. The van der Waals surface area contributed by atoms with Crippen LogP contribution in [0, 0.1) is 0 Å². The lowest BCUT2D eigenvalue weighted by molar-refractivity contribution is -0.137. The second-order valence-corrected chi connectivity index (χ2v) is 6.25. The first-order chi connectivity index (χ1) is 13.8. The Morgan fingerprint density at radius 3 is 2.14 bits per heavy atom. The Kier molecular flexibility index (Phi) is 5.71. The molecule has 0 atom stereocenters. The van der Waals surface area contributed by atoms with Gasteiger partial charge in [0.2, 0.25) is 11.6 Å². The van der Waals surface area contributed by atoms with E-state index in [2.05, 4.69) is 4.98 Å². The van der Waals surface area contributed by atoms with Crippen LogP contribution in [0.25, 0.3) is 0 Å². The molecule has 1 aliphatic rings. The molecule has 1 fully saturated rings. The molecule has 1 aliphatic heterocycles. The molecule has 0 aliphatic carbocycles. The highest BCUT2D eigenvalue weighted by Gasteiger charge is 2.35. The first-order valence-corrected chi connectivity index (χ1v) is 8.56. The summed E-state index contributed by atoms with van der Waals surface area (Å²) in [6.07, 6.45) is -4.09. The lowest BCUT2D eigenvalue weighted by atomic mass is 10.1. The lowest BCUT2D eigenvalue weighted by Crippen LogP contribution is -2.56. The monoisotopic (exact) mass is 412 g/mol. The van der Waals surface area contributed by atoms with Crippen molar-refractivity contribution in [3.8, 4) is 23.1 Å². The summed E-state index contributed by atoms with van der Waals surface area (Å²) in [5.74, 6) is 0.909. The Morgan fingerprint density at radius 2 is 1.69 bits per heavy atom. The van der Waals surface area contributed by atoms with E-state index in [0.29, 0.717) is 29.0 Å². The number of carbonyl (C=O) groups excluding carboxylic acids is 1. The Bertz CT molecular complexity index is 855. The Morgan fingerprint density at radius 1 is 1.07 bits per heavy atom. The topological polar surface area (TPSA) is 70.1 Å². The van der Waals surface area contributed by atoms with Gasteiger partial charge in [-0.1, -0.05) is 0 Å². The van der Waals surface area contributed by atoms with E-state index in [0.717, 1.165) is 12.1 Å². The van der Waals surface area contributed by atoms with Gasteiger partial charge in [0.15, 0.2) is 11.5 Å². The molecule has 10 heteroatoms. The molecule has 7 nitrogen and oxygen atoms in total. The van der Waals surface area contributed by atoms with Crippen molar-refractivity contribution < 1.29 is 36.9 Å². The van der Waals surface area contributed by atoms with Crippen LogP contribution in [0.1, 0.15) is 15.9 Å². The molecular weight excluding hydrogens is 393 g/mol. The molecule has 1 aromatic heterocycles. The number of amides is 1. The number of methoxy groups -OCH3 is 3. The van der Waals surface area contributed by atoms with Crippen LogP contribution in [0.4, 0.5) is 13.2 Å². The maximum atomic E-state index is 12.7. The van der Waals surface area contributed by atoms with E-state index in [9.17, 15) is 18.0 Å². The Hall–Kier alpha value is -3.17. The van der Waals surface area contributed by atoms with E-state index in [-0.39, 0.29) is 31.0 Å². The van der Waals surface area contributed by atoms with Crippen molar-refractivity contribution in [2.75, 3.05) is 34.4 Å². The van der Waals surface area contributed by atoms with Gasteiger partial charge in [-0.2, -0.15) is 13.2 Å². The maximum Gasteiger partial charge on any atom is 0.417 e. The predicted octanol–water partition coefficient (Wildman–Crippen LogP) is 3.03. The van der Waals surface area contributed by atoms with E-state index in [4.69, 9.17) is 18.9 Å². The van der Waals surface area contributed by atoms with Crippen molar-refractivity contribution in [3.63, 3.8) is 0 Å². The van der Waals surface area contributed by atoms with Crippen LogP contribution in [-0.2, 0) is 6.18 Å². The summed E-state index contributed by atoms with van der Waals surface area (Å²) >= 11 is 0. The van der Waals surface area contributed by atoms with Gasteiger partial charge in [0.25, 0.3) is 5.91 Å². The molecule has 0 saturated carbocycles. The van der Waals surface area contributed by atoms with Gasteiger partial charge >= 0.3 is 6.18 Å². The molecule has 1 amide bonds. The quantitative estimate of drug-likeness (QED) is 0.727. The molecule has 0 unspecified atom stereocenters. The number of nitrogens with zero attached hydrogens (tertiary/aromatic N) is 2. The molecule has 3 rings (SSSR count). The summed E-state index contributed by atoms with van der Waals surface area (Å²) in [5.41, 5.74) is -0.497. The third-order valence-corrected chi connectivity index (χ3v) is 4.40. The average molecular weight is 412 g/mol. The Labute approximate surface area is 164 Å². The number of rotatable bonds is 6. The number of hydrogen-bond acceptors (Lipinski definition) is 6. The highest BCUT2D eigenvalue weighted by Crippen LogP contribution is 2.38. The van der Waals surface area contributed by atoms with Gasteiger partial charge in [-0.3, -0.25) is 4.79 Å². The van der Waals surface area contributed by atoms with E-state index in [1.54, 1.807) is 12.1 Å². The third-order valence-electron chi connectivity index (χ3n) is 4.40. The number of benzene rings is 1. The van der Waals surface area contributed by atoms with E-state index in [1.807, 2.05) is 0 Å². The number of carbonyl (C=O) groups is 1. The van der Waals surface area contributed by atoms with E-state index >= 15 is 0 Å². The summed E-state index contributed by atoms with van der Waals surface area (Å²) < 4.78 is 58.9. The second-order valence-electron chi connectivity index (χ2n) is 6.25. The fourth-order valence-electron chi connectivity index (χ4n) is 2.85. The van der Waals surface area contributed by atoms with Crippen LogP contribution in [0.2, 0.25) is 0 Å². The zero-order valence-corrected chi connectivity index (χ0v) is 15.9. The predicted molar refractivity (Wildman–Crippen MR) is 95.7 cm³/mol. The molecule has 0 spiro atoms. The normalized spacial score (nSPS) is 14.2. The molecular formula is C19H19F3N2O5. The van der Waals surface area contributed by atoms with Crippen LogP contribution in [0.5, 0.6) is 23.1 Å². The number of halogens is 3. The number of pyridine rings is 1. The zero-order valence-electron chi connectivity index (χ0n) is 15.9. The van der Waals surface area contributed by atoms with Gasteiger partial charge in [-0.15, -0.1) is 0 Å². The minimum atomic E-state index is -4.45. The summed E-state index contributed by atoms with van der Waals surface area (Å²) in [5, 5.41) is 0. The third kappa shape index (κ3) is 4.30. The average Bonchev–Trinajstić information content (AvgIpc) is 2.68. The molecule has 0 N–H and O–H groups in total. The summed E-state index contributed by atoms with van der Waals surface area (Å²) in [6, 6.07) is 5.16. The van der Waals surface area contributed by atoms with Crippen LogP contribution < -0.4 is 18.9 Å². The zero-order chi connectivity index (χ0) is 21.2. The number of alkyl halides is 3. The maximum absolute atomic E-state index is 12.7. The van der Waals surface area contributed by atoms with Crippen molar-refractivity contribution in [1.29, 1.82) is 0 Å². The standard InChI is InChI=1S/C19H19F3N2O5/c1-26-14-6-11(7-15(27-2)17(14)28-3)18(25)24-9-13(10-24)29-16-5-4-12(8-23-16)19(20,21)22/h4-8,13H,9-10H2,1-3H3. The fourth-order valence-corrected chi connectivity index (χ4v) is 2.85. The van der Waals surface area contributed by atoms with Crippen molar-refractivity contribution >= 4 is 5.91 Å². The van der Waals surface area contributed by atoms with Crippen LogP contribution in [0.3, 0.4) is 0 Å². The molecule has 2 heterocycles.